The molecule has 2 heterocycles. The zero-order valence-corrected chi connectivity index (χ0v) is 12.9. The van der Waals surface area contributed by atoms with E-state index in [1.165, 1.54) is 0 Å². The van der Waals surface area contributed by atoms with E-state index in [0.29, 0.717) is 25.1 Å². The molecule has 6 nitrogen and oxygen atoms in total. The second-order valence-corrected chi connectivity index (χ2v) is 5.59. The van der Waals surface area contributed by atoms with Crippen molar-refractivity contribution >= 4 is 17.6 Å². The van der Waals surface area contributed by atoms with Gasteiger partial charge in [-0.05, 0) is 43.3 Å². The molecule has 120 valence electrons. The zero-order valence-electron chi connectivity index (χ0n) is 12.9. The number of benzene rings is 1. The Labute approximate surface area is 134 Å². The highest BCUT2D eigenvalue weighted by Gasteiger charge is 2.21. The van der Waals surface area contributed by atoms with Crippen LogP contribution in [-0.4, -0.2) is 31.1 Å². The fourth-order valence-corrected chi connectivity index (χ4v) is 2.60. The summed E-state index contributed by atoms with van der Waals surface area (Å²) in [4.78, 5) is 25.5. The molecule has 1 saturated heterocycles. The van der Waals surface area contributed by atoms with Crippen molar-refractivity contribution in [3.63, 3.8) is 0 Å². The summed E-state index contributed by atoms with van der Waals surface area (Å²) < 4.78 is 5.28. The second-order valence-electron chi connectivity index (χ2n) is 5.59. The molecule has 2 N–H and O–H groups in total. The van der Waals surface area contributed by atoms with Crippen LogP contribution in [0.4, 0.5) is 10.5 Å². The Morgan fingerprint density at radius 3 is 2.74 bits per heavy atom. The van der Waals surface area contributed by atoms with E-state index >= 15 is 0 Å². The summed E-state index contributed by atoms with van der Waals surface area (Å²) in [5, 5.41) is 5.69. The number of carbonyl (C=O) groups excluding carboxylic acids is 2. The topological polar surface area (TPSA) is 74.6 Å². The van der Waals surface area contributed by atoms with E-state index in [9.17, 15) is 9.59 Å². The number of hydrogen-bond acceptors (Lipinski definition) is 3. The first-order valence-electron chi connectivity index (χ1n) is 7.62. The molecule has 3 rings (SSSR count). The number of amides is 3. The van der Waals surface area contributed by atoms with E-state index in [2.05, 4.69) is 10.6 Å². The zero-order chi connectivity index (χ0) is 16.2. The molecule has 1 aliphatic rings. The molecule has 1 aromatic heterocycles. The van der Waals surface area contributed by atoms with Gasteiger partial charge in [-0.1, -0.05) is 0 Å². The molecule has 23 heavy (non-hydrogen) atoms. The first-order chi connectivity index (χ1) is 11.1. The van der Waals surface area contributed by atoms with Gasteiger partial charge in [-0.25, -0.2) is 4.79 Å². The van der Waals surface area contributed by atoms with E-state index in [1.807, 2.05) is 19.1 Å². The minimum absolute atomic E-state index is 0.0299. The average Bonchev–Trinajstić information content (AvgIpc) is 3.19. The van der Waals surface area contributed by atoms with Crippen LogP contribution in [-0.2, 0) is 6.42 Å². The lowest BCUT2D eigenvalue weighted by atomic mass is 10.1. The van der Waals surface area contributed by atoms with Crippen molar-refractivity contribution in [2.24, 2.45) is 0 Å². The standard InChI is InChI=1S/C17H19N3O3/c1-12(11-15-3-2-10-23-15)19-16(21)13-4-6-14(7-5-13)20-9-8-18-17(20)22/h2-7,10,12H,8-9,11H2,1H3,(H,18,22)(H,19,21)/t12-/m0/s1. The van der Waals surface area contributed by atoms with E-state index in [0.717, 1.165) is 11.4 Å². The largest absolute Gasteiger partial charge is 0.469 e. The van der Waals surface area contributed by atoms with E-state index in [1.54, 1.807) is 35.4 Å². The van der Waals surface area contributed by atoms with Crippen LogP contribution in [0.3, 0.4) is 0 Å². The van der Waals surface area contributed by atoms with Crippen LogP contribution in [0, 0.1) is 0 Å². The van der Waals surface area contributed by atoms with Gasteiger partial charge in [0, 0.05) is 36.8 Å². The summed E-state index contributed by atoms with van der Waals surface area (Å²) in [5.41, 5.74) is 1.36. The van der Waals surface area contributed by atoms with Gasteiger partial charge in [0.25, 0.3) is 5.91 Å². The summed E-state index contributed by atoms with van der Waals surface area (Å²) >= 11 is 0. The minimum Gasteiger partial charge on any atom is -0.469 e. The molecule has 0 spiro atoms. The Hall–Kier alpha value is -2.76. The summed E-state index contributed by atoms with van der Waals surface area (Å²) in [5.74, 6) is 0.703. The number of furan rings is 1. The Kier molecular flexibility index (Phi) is 4.32. The molecule has 1 atom stereocenters. The number of nitrogens with one attached hydrogen (secondary N) is 2. The van der Waals surface area contributed by atoms with Crippen molar-refractivity contribution < 1.29 is 14.0 Å². The van der Waals surface area contributed by atoms with Gasteiger partial charge in [0.1, 0.15) is 5.76 Å². The molecular weight excluding hydrogens is 294 g/mol. The normalized spacial score (nSPS) is 15.3. The first kappa shape index (κ1) is 15.1. The second kappa shape index (κ2) is 6.56. The lowest BCUT2D eigenvalue weighted by Gasteiger charge is -2.15. The highest BCUT2D eigenvalue weighted by atomic mass is 16.3. The van der Waals surface area contributed by atoms with Crippen molar-refractivity contribution in [1.82, 2.24) is 10.6 Å². The third kappa shape index (κ3) is 3.53. The van der Waals surface area contributed by atoms with Crippen LogP contribution in [0.2, 0.25) is 0 Å². The van der Waals surface area contributed by atoms with Crippen LogP contribution in [0.25, 0.3) is 0 Å². The van der Waals surface area contributed by atoms with Crippen LogP contribution in [0.5, 0.6) is 0 Å². The maximum atomic E-state index is 12.2. The van der Waals surface area contributed by atoms with Gasteiger partial charge in [0.15, 0.2) is 0 Å². The molecule has 1 aromatic carbocycles. The smallest absolute Gasteiger partial charge is 0.321 e. The maximum absolute atomic E-state index is 12.2. The lowest BCUT2D eigenvalue weighted by molar-refractivity contribution is 0.0939. The Balaban J connectivity index is 1.60. The monoisotopic (exact) mass is 313 g/mol. The van der Waals surface area contributed by atoms with Crippen molar-refractivity contribution in [2.45, 2.75) is 19.4 Å². The van der Waals surface area contributed by atoms with Crippen LogP contribution >= 0.6 is 0 Å². The van der Waals surface area contributed by atoms with E-state index < -0.39 is 0 Å². The van der Waals surface area contributed by atoms with Crippen LogP contribution in [0.15, 0.2) is 47.1 Å². The number of urea groups is 1. The minimum atomic E-state index is -0.138. The fourth-order valence-electron chi connectivity index (χ4n) is 2.60. The molecule has 2 aromatic rings. The summed E-state index contributed by atoms with van der Waals surface area (Å²) in [6, 6.07) is 10.6. The van der Waals surface area contributed by atoms with Crippen LogP contribution < -0.4 is 15.5 Å². The summed E-state index contributed by atoms with van der Waals surface area (Å²) in [6.45, 7) is 3.22. The SMILES string of the molecule is C[C@@H](Cc1ccco1)NC(=O)c1ccc(N2CCNC2=O)cc1. The van der Waals surface area contributed by atoms with Gasteiger partial charge in [-0.3, -0.25) is 9.69 Å². The fraction of sp³-hybridized carbons (Fsp3) is 0.294. The number of rotatable bonds is 5. The predicted octanol–water partition coefficient (Wildman–Crippen LogP) is 2.17. The van der Waals surface area contributed by atoms with Gasteiger partial charge >= 0.3 is 6.03 Å². The third-order valence-corrected chi connectivity index (χ3v) is 3.76. The van der Waals surface area contributed by atoms with Gasteiger partial charge < -0.3 is 15.1 Å². The van der Waals surface area contributed by atoms with Crippen molar-refractivity contribution in [3.8, 4) is 0 Å². The molecule has 0 saturated carbocycles. The van der Waals surface area contributed by atoms with Crippen molar-refractivity contribution in [3.05, 3.63) is 54.0 Å². The molecule has 0 aliphatic carbocycles. The van der Waals surface area contributed by atoms with Crippen molar-refractivity contribution in [1.29, 1.82) is 0 Å². The Bertz CT molecular complexity index is 680. The molecule has 1 fully saturated rings. The predicted molar refractivity (Wildman–Crippen MR) is 86.5 cm³/mol. The summed E-state index contributed by atoms with van der Waals surface area (Å²) in [7, 11) is 0. The van der Waals surface area contributed by atoms with E-state index in [-0.39, 0.29) is 18.0 Å². The Morgan fingerprint density at radius 2 is 2.13 bits per heavy atom. The number of nitrogens with zero attached hydrogens (tertiary/aromatic N) is 1. The first-order valence-corrected chi connectivity index (χ1v) is 7.62. The van der Waals surface area contributed by atoms with Gasteiger partial charge in [0.2, 0.25) is 0 Å². The van der Waals surface area contributed by atoms with Crippen molar-refractivity contribution in [2.75, 3.05) is 18.0 Å². The number of carbonyl (C=O) groups is 2. The number of hydrogen-bond donors (Lipinski definition) is 2. The Morgan fingerprint density at radius 1 is 1.35 bits per heavy atom. The molecule has 0 unspecified atom stereocenters. The number of anilines is 1. The highest BCUT2D eigenvalue weighted by Crippen LogP contribution is 2.17. The van der Waals surface area contributed by atoms with Crippen LogP contribution in [0.1, 0.15) is 23.0 Å². The molecule has 3 amide bonds. The van der Waals surface area contributed by atoms with Gasteiger partial charge in [0.05, 0.1) is 6.26 Å². The molecule has 0 bridgehead atoms. The van der Waals surface area contributed by atoms with E-state index in [4.69, 9.17) is 4.42 Å². The highest BCUT2D eigenvalue weighted by molar-refractivity contribution is 5.97. The molecule has 1 aliphatic heterocycles. The van der Waals surface area contributed by atoms with Gasteiger partial charge in [-0.15, -0.1) is 0 Å². The summed E-state index contributed by atoms with van der Waals surface area (Å²) in [6.07, 6.45) is 2.27. The average molecular weight is 313 g/mol. The lowest BCUT2D eigenvalue weighted by Crippen LogP contribution is -2.34. The third-order valence-electron chi connectivity index (χ3n) is 3.76. The maximum Gasteiger partial charge on any atom is 0.321 e. The van der Waals surface area contributed by atoms with Gasteiger partial charge in [-0.2, -0.15) is 0 Å². The molecule has 0 radical (unpaired) electrons. The molecular formula is C17H19N3O3. The molecule has 6 heteroatoms. The quantitative estimate of drug-likeness (QED) is 0.888.